The summed E-state index contributed by atoms with van der Waals surface area (Å²) in [5, 5.41) is 0. The van der Waals surface area contributed by atoms with E-state index in [9.17, 15) is 0 Å². The Bertz CT molecular complexity index is 211. The molecule has 0 spiro atoms. The molecular formula is C8H11O3Si. The highest BCUT2D eigenvalue weighted by Gasteiger charge is 2.16. The van der Waals surface area contributed by atoms with Crippen molar-refractivity contribution in [1.82, 2.24) is 0 Å². The molecule has 0 saturated carbocycles. The Balaban J connectivity index is 2.51. The molecule has 0 saturated heterocycles. The highest BCUT2D eigenvalue weighted by Crippen LogP contribution is 2.09. The first kappa shape index (κ1) is 9.25. The lowest BCUT2D eigenvalue weighted by atomic mass is 10.3. The van der Waals surface area contributed by atoms with Gasteiger partial charge in [0.25, 0.3) is 0 Å². The van der Waals surface area contributed by atoms with E-state index in [4.69, 9.17) is 13.3 Å². The fourth-order valence-electron chi connectivity index (χ4n) is 0.751. The molecule has 1 aromatic rings. The molecule has 0 atom stereocenters. The molecule has 0 aromatic heterocycles. The van der Waals surface area contributed by atoms with Crippen molar-refractivity contribution in [3.05, 3.63) is 30.3 Å². The van der Waals surface area contributed by atoms with Gasteiger partial charge in [0.2, 0.25) is 0 Å². The van der Waals surface area contributed by atoms with Crippen LogP contribution in [-0.4, -0.2) is 23.7 Å². The Morgan fingerprint density at radius 3 is 2.08 bits per heavy atom. The second kappa shape index (κ2) is 4.92. The first-order chi connectivity index (χ1) is 5.86. The van der Waals surface area contributed by atoms with E-state index in [0.29, 0.717) is 0 Å². The molecule has 0 aliphatic heterocycles. The van der Waals surface area contributed by atoms with Crippen LogP contribution in [-0.2, 0) is 8.85 Å². The van der Waals surface area contributed by atoms with Crippen LogP contribution in [0.5, 0.6) is 5.75 Å². The molecule has 0 N–H and O–H groups in total. The third kappa shape index (κ3) is 2.65. The van der Waals surface area contributed by atoms with Gasteiger partial charge in [0.1, 0.15) is 5.75 Å². The summed E-state index contributed by atoms with van der Waals surface area (Å²) >= 11 is 0. The van der Waals surface area contributed by atoms with Gasteiger partial charge in [-0.05, 0) is 12.1 Å². The van der Waals surface area contributed by atoms with Crippen LogP contribution in [0, 0.1) is 0 Å². The van der Waals surface area contributed by atoms with Crippen molar-refractivity contribution in [3.63, 3.8) is 0 Å². The summed E-state index contributed by atoms with van der Waals surface area (Å²) in [5.74, 6) is 0.773. The number of hydrogen-bond donors (Lipinski definition) is 0. The summed E-state index contributed by atoms with van der Waals surface area (Å²) in [6.07, 6.45) is 0. The maximum Gasteiger partial charge on any atom is 0.655 e. The Kier molecular flexibility index (Phi) is 3.79. The molecule has 0 aliphatic carbocycles. The first-order valence-corrected chi connectivity index (χ1v) is 4.77. The van der Waals surface area contributed by atoms with Crippen LogP contribution >= 0.6 is 0 Å². The number of benzene rings is 1. The normalized spacial score (nSPS) is 10.2. The van der Waals surface area contributed by atoms with E-state index in [1.807, 2.05) is 30.3 Å². The van der Waals surface area contributed by atoms with Crippen molar-refractivity contribution in [2.75, 3.05) is 14.2 Å². The van der Waals surface area contributed by atoms with Crippen molar-refractivity contribution < 1.29 is 13.3 Å². The molecule has 1 radical (unpaired) electrons. The molecule has 65 valence electrons. The first-order valence-electron chi connectivity index (χ1n) is 3.54. The summed E-state index contributed by atoms with van der Waals surface area (Å²) < 4.78 is 15.3. The summed E-state index contributed by atoms with van der Waals surface area (Å²) in [6.45, 7) is 0. The lowest BCUT2D eigenvalue weighted by molar-refractivity contribution is 0.201. The van der Waals surface area contributed by atoms with Gasteiger partial charge in [0.15, 0.2) is 0 Å². The minimum atomic E-state index is -1.58. The molecule has 4 heteroatoms. The molecule has 0 fully saturated rings. The van der Waals surface area contributed by atoms with E-state index < -0.39 is 9.53 Å². The van der Waals surface area contributed by atoms with Crippen LogP contribution in [0.4, 0.5) is 0 Å². The van der Waals surface area contributed by atoms with Crippen molar-refractivity contribution in [2.45, 2.75) is 0 Å². The van der Waals surface area contributed by atoms with Gasteiger partial charge in [-0.2, -0.15) is 0 Å². The van der Waals surface area contributed by atoms with Crippen LogP contribution in [0.3, 0.4) is 0 Å². The molecule has 0 unspecified atom stereocenters. The molecule has 3 nitrogen and oxygen atoms in total. The van der Waals surface area contributed by atoms with Crippen LogP contribution in [0.15, 0.2) is 30.3 Å². The molecular weight excluding hydrogens is 172 g/mol. The minimum Gasteiger partial charge on any atom is -0.498 e. The lowest BCUT2D eigenvalue weighted by Gasteiger charge is -2.09. The predicted octanol–water partition coefficient (Wildman–Crippen LogP) is 1.34. The second-order valence-electron chi connectivity index (χ2n) is 2.07. The molecule has 0 heterocycles. The van der Waals surface area contributed by atoms with Crippen LogP contribution < -0.4 is 4.43 Å². The van der Waals surface area contributed by atoms with Gasteiger partial charge < -0.3 is 13.3 Å². The quantitative estimate of drug-likeness (QED) is 0.659. The Labute approximate surface area is 73.8 Å². The monoisotopic (exact) mass is 183 g/mol. The van der Waals surface area contributed by atoms with Gasteiger partial charge in [-0.25, -0.2) is 0 Å². The van der Waals surface area contributed by atoms with E-state index in [1.165, 1.54) is 0 Å². The van der Waals surface area contributed by atoms with Crippen molar-refractivity contribution in [1.29, 1.82) is 0 Å². The third-order valence-electron chi connectivity index (χ3n) is 1.28. The van der Waals surface area contributed by atoms with Crippen LogP contribution in [0.1, 0.15) is 0 Å². The largest absolute Gasteiger partial charge is 0.655 e. The van der Waals surface area contributed by atoms with Gasteiger partial charge in [-0.3, -0.25) is 0 Å². The number of para-hydroxylation sites is 1. The fourth-order valence-corrected chi connectivity index (χ4v) is 1.41. The standard InChI is InChI=1S/C8H11O3Si/c1-9-12(10-2)11-8-6-4-3-5-7-8/h3-7H,1-2H3. The average molecular weight is 183 g/mol. The van der Waals surface area contributed by atoms with E-state index >= 15 is 0 Å². The van der Waals surface area contributed by atoms with Crippen molar-refractivity contribution >= 4 is 9.53 Å². The summed E-state index contributed by atoms with van der Waals surface area (Å²) in [4.78, 5) is 0. The molecule has 0 bridgehead atoms. The molecule has 0 amide bonds. The average Bonchev–Trinajstić information content (AvgIpc) is 2.16. The number of rotatable bonds is 4. The predicted molar refractivity (Wildman–Crippen MR) is 46.8 cm³/mol. The van der Waals surface area contributed by atoms with Crippen molar-refractivity contribution in [2.24, 2.45) is 0 Å². The summed E-state index contributed by atoms with van der Waals surface area (Å²) in [6, 6.07) is 9.46. The third-order valence-corrected chi connectivity index (χ3v) is 2.35. The highest BCUT2D eigenvalue weighted by molar-refractivity contribution is 6.37. The van der Waals surface area contributed by atoms with E-state index in [2.05, 4.69) is 0 Å². The zero-order valence-electron chi connectivity index (χ0n) is 7.11. The Morgan fingerprint density at radius 2 is 1.58 bits per heavy atom. The Hall–Kier alpha value is -0.843. The minimum absolute atomic E-state index is 0.773. The lowest BCUT2D eigenvalue weighted by Crippen LogP contribution is -2.27. The van der Waals surface area contributed by atoms with Crippen LogP contribution in [0.2, 0.25) is 0 Å². The van der Waals surface area contributed by atoms with Crippen LogP contribution in [0.25, 0.3) is 0 Å². The molecule has 0 aliphatic rings. The van der Waals surface area contributed by atoms with Gasteiger partial charge >= 0.3 is 9.53 Å². The van der Waals surface area contributed by atoms with Gasteiger partial charge in [0.05, 0.1) is 0 Å². The van der Waals surface area contributed by atoms with Crippen molar-refractivity contribution in [3.8, 4) is 5.75 Å². The molecule has 1 aromatic carbocycles. The fraction of sp³-hybridized carbons (Fsp3) is 0.250. The van der Waals surface area contributed by atoms with Gasteiger partial charge in [-0.15, -0.1) is 0 Å². The molecule has 1 rings (SSSR count). The topological polar surface area (TPSA) is 27.7 Å². The smallest absolute Gasteiger partial charge is 0.498 e. The SMILES string of the molecule is CO[Si](OC)Oc1ccccc1. The maximum atomic E-state index is 5.37. The summed E-state index contributed by atoms with van der Waals surface area (Å²) in [5.41, 5.74) is 0. The number of hydrogen-bond acceptors (Lipinski definition) is 3. The molecule has 12 heavy (non-hydrogen) atoms. The zero-order valence-corrected chi connectivity index (χ0v) is 8.11. The summed E-state index contributed by atoms with van der Waals surface area (Å²) in [7, 11) is 1.56. The van der Waals surface area contributed by atoms with E-state index in [1.54, 1.807) is 14.2 Å². The maximum absolute atomic E-state index is 5.37. The highest BCUT2D eigenvalue weighted by atomic mass is 28.3. The zero-order chi connectivity index (χ0) is 8.81. The van der Waals surface area contributed by atoms with Gasteiger partial charge in [0, 0.05) is 14.2 Å². The second-order valence-corrected chi connectivity index (χ2v) is 3.59. The van der Waals surface area contributed by atoms with E-state index in [-0.39, 0.29) is 0 Å². The van der Waals surface area contributed by atoms with Gasteiger partial charge in [-0.1, -0.05) is 18.2 Å². The Morgan fingerprint density at radius 1 is 1.00 bits per heavy atom. The van der Waals surface area contributed by atoms with E-state index in [0.717, 1.165) is 5.75 Å².